The van der Waals surface area contributed by atoms with Crippen molar-refractivity contribution < 1.29 is 28.5 Å². The predicted octanol–water partition coefficient (Wildman–Crippen LogP) is 2.46. The normalized spacial score (nSPS) is 10.2. The van der Waals surface area contributed by atoms with Crippen LogP contribution < -0.4 is 25.3 Å². The highest BCUT2D eigenvalue weighted by Gasteiger charge is 2.17. The molecule has 0 saturated heterocycles. The van der Waals surface area contributed by atoms with Crippen LogP contribution in [0.15, 0.2) is 30.3 Å². The Morgan fingerprint density at radius 3 is 2.34 bits per heavy atom. The van der Waals surface area contributed by atoms with Gasteiger partial charge in [0.05, 0.1) is 32.0 Å². The van der Waals surface area contributed by atoms with Gasteiger partial charge in [-0.3, -0.25) is 4.79 Å². The number of rotatable bonds is 9. The second-order valence-corrected chi connectivity index (χ2v) is 6.35. The first kappa shape index (κ1) is 22.2. The summed E-state index contributed by atoms with van der Waals surface area (Å²) in [7, 11) is 4.51. The minimum atomic E-state index is -0.737. The fraction of sp³-hybridized carbons (Fsp3) is 0.300. The number of nitrogen functional groups attached to an aromatic ring is 1. The number of carbonyl (C=O) groups excluding carboxylic acids is 2. The van der Waals surface area contributed by atoms with Gasteiger partial charge in [-0.2, -0.15) is 0 Å². The Bertz CT molecular complexity index is 888. The molecule has 0 aliphatic rings. The van der Waals surface area contributed by atoms with Crippen molar-refractivity contribution in [2.45, 2.75) is 6.42 Å². The first-order valence-corrected chi connectivity index (χ1v) is 9.05. The number of ether oxygens (including phenoxy) is 4. The van der Waals surface area contributed by atoms with Gasteiger partial charge in [0.25, 0.3) is 5.91 Å². The summed E-state index contributed by atoms with van der Waals surface area (Å²) in [6.07, 6.45) is 0.571. The Hall–Kier alpha value is -3.13. The molecule has 0 heterocycles. The molecule has 0 bridgehead atoms. The van der Waals surface area contributed by atoms with Gasteiger partial charge in [0.1, 0.15) is 11.3 Å². The van der Waals surface area contributed by atoms with Crippen LogP contribution in [0.5, 0.6) is 17.2 Å². The minimum absolute atomic E-state index is 0.0878. The zero-order chi connectivity index (χ0) is 21.4. The van der Waals surface area contributed by atoms with Crippen LogP contribution in [-0.2, 0) is 16.0 Å². The number of nitrogens with two attached hydrogens (primary N) is 1. The summed E-state index contributed by atoms with van der Waals surface area (Å²) in [5, 5.41) is 2.88. The van der Waals surface area contributed by atoms with E-state index < -0.39 is 18.5 Å². The molecule has 0 fully saturated rings. The smallest absolute Gasteiger partial charge is 0.342 e. The van der Waals surface area contributed by atoms with Gasteiger partial charge in [-0.25, -0.2) is 4.79 Å². The number of nitrogens with one attached hydrogen (secondary N) is 1. The highest BCUT2D eigenvalue weighted by molar-refractivity contribution is 6.33. The Morgan fingerprint density at radius 1 is 1.00 bits per heavy atom. The van der Waals surface area contributed by atoms with Crippen LogP contribution in [0.3, 0.4) is 0 Å². The highest BCUT2D eigenvalue weighted by Crippen LogP contribution is 2.29. The van der Waals surface area contributed by atoms with Crippen LogP contribution in [0, 0.1) is 0 Å². The van der Waals surface area contributed by atoms with Crippen molar-refractivity contribution in [3.05, 3.63) is 46.5 Å². The highest BCUT2D eigenvalue weighted by atomic mass is 35.5. The molecule has 0 saturated carbocycles. The standard InChI is InChI=1S/C20H23ClN2O6/c1-26-16-5-4-12(8-18(16)28-3)6-7-23-19(24)11-29-20(25)13-9-14(21)15(22)10-17(13)27-2/h4-5,8-10H,6-7,11,22H2,1-3H3,(H,23,24). The van der Waals surface area contributed by atoms with Gasteiger partial charge in [0, 0.05) is 12.6 Å². The van der Waals surface area contributed by atoms with Crippen LogP contribution >= 0.6 is 11.6 Å². The van der Waals surface area contributed by atoms with E-state index in [1.54, 1.807) is 20.3 Å². The number of esters is 1. The summed E-state index contributed by atoms with van der Waals surface area (Å²) < 4.78 is 20.6. The number of hydrogen-bond acceptors (Lipinski definition) is 7. The number of amides is 1. The second kappa shape index (κ2) is 10.4. The summed E-state index contributed by atoms with van der Waals surface area (Å²) >= 11 is 5.93. The van der Waals surface area contributed by atoms with E-state index in [-0.39, 0.29) is 22.0 Å². The zero-order valence-electron chi connectivity index (χ0n) is 16.4. The maximum absolute atomic E-state index is 12.2. The predicted molar refractivity (Wildman–Crippen MR) is 109 cm³/mol. The Morgan fingerprint density at radius 2 is 1.69 bits per heavy atom. The molecule has 2 rings (SSSR count). The zero-order valence-corrected chi connectivity index (χ0v) is 17.2. The first-order valence-electron chi connectivity index (χ1n) is 8.67. The fourth-order valence-corrected chi connectivity index (χ4v) is 2.70. The minimum Gasteiger partial charge on any atom is -0.496 e. The van der Waals surface area contributed by atoms with Crippen LogP contribution in [0.4, 0.5) is 5.69 Å². The molecule has 29 heavy (non-hydrogen) atoms. The van der Waals surface area contributed by atoms with Crippen molar-refractivity contribution in [2.75, 3.05) is 40.2 Å². The van der Waals surface area contributed by atoms with Crippen molar-refractivity contribution >= 4 is 29.2 Å². The van der Waals surface area contributed by atoms with Crippen LogP contribution in [-0.4, -0.2) is 46.4 Å². The van der Waals surface area contributed by atoms with Crippen LogP contribution in [0.1, 0.15) is 15.9 Å². The molecular formula is C20H23ClN2O6. The second-order valence-electron chi connectivity index (χ2n) is 5.94. The van der Waals surface area contributed by atoms with Gasteiger partial charge in [0.2, 0.25) is 0 Å². The van der Waals surface area contributed by atoms with E-state index in [0.29, 0.717) is 24.5 Å². The van der Waals surface area contributed by atoms with E-state index in [1.165, 1.54) is 19.2 Å². The maximum atomic E-state index is 12.2. The average Bonchev–Trinajstić information content (AvgIpc) is 2.73. The Kier molecular flexibility index (Phi) is 7.97. The molecule has 0 atom stereocenters. The molecule has 0 spiro atoms. The molecule has 0 unspecified atom stereocenters. The van der Waals surface area contributed by atoms with Crippen LogP contribution in [0.2, 0.25) is 5.02 Å². The fourth-order valence-electron chi connectivity index (χ4n) is 2.54. The summed E-state index contributed by atoms with van der Waals surface area (Å²) in [5.74, 6) is 0.288. The number of halogens is 1. The molecule has 2 aromatic carbocycles. The summed E-state index contributed by atoms with van der Waals surface area (Å²) in [6, 6.07) is 8.27. The van der Waals surface area contributed by atoms with Gasteiger partial charge in [0.15, 0.2) is 18.1 Å². The van der Waals surface area contributed by atoms with Gasteiger partial charge in [-0.15, -0.1) is 0 Å². The lowest BCUT2D eigenvalue weighted by molar-refractivity contribution is -0.124. The van der Waals surface area contributed by atoms with Crippen molar-refractivity contribution in [1.82, 2.24) is 5.32 Å². The Labute approximate surface area is 173 Å². The third-order valence-electron chi connectivity index (χ3n) is 4.06. The van der Waals surface area contributed by atoms with Crippen molar-refractivity contribution in [1.29, 1.82) is 0 Å². The number of carbonyl (C=O) groups is 2. The SMILES string of the molecule is COc1ccc(CCNC(=O)COC(=O)c2cc(Cl)c(N)cc2OC)cc1OC. The van der Waals surface area contributed by atoms with Crippen molar-refractivity contribution in [3.8, 4) is 17.2 Å². The summed E-state index contributed by atoms with van der Waals surface area (Å²) in [6.45, 7) is -0.0706. The first-order chi connectivity index (χ1) is 13.9. The topological polar surface area (TPSA) is 109 Å². The largest absolute Gasteiger partial charge is 0.496 e. The molecule has 0 aliphatic carbocycles. The summed E-state index contributed by atoms with van der Waals surface area (Å²) in [4.78, 5) is 24.2. The van der Waals surface area contributed by atoms with Gasteiger partial charge < -0.3 is 30.0 Å². The molecule has 3 N–H and O–H groups in total. The molecule has 0 aromatic heterocycles. The molecule has 1 amide bonds. The maximum Gasteiger partial charge on any atom is 0.342 e. The van der Waals surface area contributed by atoms with E-state index in [9.17, 15) is 9.59 Å². The van der Waals surface area contributed by atoms with Gasteiger partial charge in [-0.1, -0.05) is 17.7 Å². The van der Waals surface area contributed by atoms with E-state index >= 15 is 0 Å². The third-order valence-corrected chi connectivity index (χ3v) is 4.38. The van der Waals surface area contributed by atoms with Crippen molar-refractivity contribution in [2.24, 2.45) is 0 Å². The van der Waals surface area contributed by atoms with E-state index in [2.05, 4.69) is 5.32 Å². The molecule has 156 valence electrons. The van der Waals surface area contributed by atoms with Gasteiger partial charge >= 0.3 is 5.97 Å². The number of benzene rings is 2. The average molecular weight is 423 g/mol. The van der Waals surface area contributed by atoms with Gasteiger partial charge in [-0.05, 0) is 30.2 Å². The lowest BCUT2D eigenvalue weighted by Crippen LogP contribution is -2.30. The number of anilines is 1. The molecule has 0 radical (unpaired) electrons. The molecule has 0 aliphatic heterocycles. The quantitative estimate of drug-likeness (QED) is 0.472. The lowest BCUT2D eigenvalue weighted by Gasteiger charge is -2.11. The van der Waals surface area contributed by atoms with E-state index in [0.717, 1.165) is 5.56 Å². The van der Waals surface area contributed by atoms with Crippen molar-refractivity contribution in [3.63, 3.8) is 0 Å². The third kappa shape index (κ3) is 5.92. The number of methoxy groups -OCH3 is 3. The monoisotopic (exact) mass is 422 g/mol. The lowest BCUT2D eigenvalue weighted by atomic mass is 10.1. The summed E-state index contributed by atoms with van der Waals surface area (Å²) in [5.41, 5.74) is 7.00. The molecule has 9 heteroatoms. The Balaban J connectivity index is 1.85. The van der Waals surface area contributed by atoms with E-state index in [1.807, 2.05) is 12.1 Å². The molecular weight excluding hydrogens is 400 g/mol. The molecule has 8 nitrogen and oxygen atoms in total. The molecule has 2 aromatic rings. The van der Waals surface area contributed by atoms with E-state index in [4.69, 9.17) is 36.3 Å². The number of hydrogen-bond donors (Lipinski definition) is 2. The van der Waals surface area contributed by atoms with Crippen LogP contribution in [0.25, 0.3) is 0 Å².